The monoisotopic (exact) mass is 412 g/mol. The van der Waals surface area contributed by atoms with Gasteiger partial charge in [-0.25, -0.2) is 19.2 Å². The van der Waals surface area contributed by atoms with Crippen molar-refractivity contribution in [2.24, 2.45) is 7.05 Å². The van der Waals surface area contributed by atoms with Gasteiger partial charge in [-0.15, -0.1) is 0 Å². The Labute approximate surface area is 170 Å². The first-order valence-corrected chi connectivity index (χ1v) is 9.36. The molecule has 148 valence electrons. The quantitative estimate of drug-likeness (QED) is 0.470. The number of carboxylic acids is 1. The van der Waals surface area contributed by atoms with Crippen LogP contribution in [-0.2, 0) is 16.6 Å². The third-order valence-electron chi connectivity index (χ3n) is 3.89. The van der Waals surface area contributed by atoms with Crippen molar-refractivity contribution in [3.63, 3.8) is 0 Å². The van der Waals surface area contributed by atoms with Crippen LogP contribution in [0.2, 0.25) is 0 Å². The number of carbonyl (C=O) groups is 2. The van der Waals surface area contributed by atoms with Crippen LogP contribution < -0.4 is 5.32 Å². The number of imidazole rings is 1. The molecule has 3 rings (SSSR count). The molecule has 0 aliphatic rings. The zero-order chi connectivity index (χ0) is 21.0. The molecule has 2 heterocycles. The van der Waals surface area contributed by atoms with Gasteiger partial charge in [-0.3, -0.25) is 4.79 Å². The fourth-order valence-electron chi connectivity index (χ4n) is 2.70. The molecule has 3 aromatic rings. The third-order valence-corrected chi connectivity index (χ3v) is 4.74. The van der Waals surface area contributed by atoms with Crippen molar-refractivity contribution in [1.82, 2.24) is 14.5 Å². The molecule has 0 saturated carbocycles. The number of pyridine rings is 1. The van der Waals surface area contributed by atoms with Crippen molar-refractivity contribution >= 4 is 29.5 Å². The first kappa shape index (κ1) is 20.3. The molecule has 0 fully saturated rings. The molecule has 0 radical (unpaired) electrons. The van der Waals surface area contributed by atoms with Crippen LogP contribution in [0.4, 0.5) is 10.2 Å². The summed E-state index contributed by atoms with van der Waals surface area (Å²) in [4.78, 5) is 30.9. The van der Waals surface area contributed by atoms with Crippen LogP contribution in [0.5, 0.6) is 0 Å². The predicted octanol–water partition coefficient (Wildman–Crippen LogP) is 3.94. The summed E-state index contributed by atoms with van der Waals surface area (Å²) in [6, 6.07) is 9.43. The molecule has 0 bridgehead atoms. The van der Waals surface area contributed by atoms with Crippen molar-refractivity contribution in [3.05, 3.63) is 59.9 Å². The maximum atomic E-state index is 13.4. The second kappa shape index (κ2) is 8.70. The van der Waals surface area contributed by atoms with Crippen LogP contribution >= 0.6 is 11.8 Å². The lowest BCUT2D eigenvalue weighted by molar-refractivity contribution is -0.131. The van der Waals surface area contributed by atoms with Crippen LogP contribution in [0.25, 0.3) is 22.5 Å². The Morgan fingerprint density at radius 2 is 1.93 bits per heavy atom. The van der Waals surface area contributed by atoms with Crippen molar-refractivity contribution in [3.8, 4) is 22.5 Å². The maximum Gasteiger partial charge on any atom is 0.328 e. The minimum atomic E-state index is -1.06. The Kier molecular flexibility index (Phi) is 6.08. The average Bonchev–Trinajstić information content (AvgIpc) is 2.98. The van der Waals surface area contributed by atoms with Gasteiger partial charge in [0, 0.05) is 37.4 Å². The van der Waals surface area contributed by atoms with E-state index in [0.717, 1.165) is 29.1 Å². The van der Waals surface area contributed by atoms with Crippen molar-refractivity contribution in [2.75, 3.05) is 5.32 Å². The molecule has 0 atom stereocenters. The number of nitrogens with one attached hydrogen (secondary N) is 1. The van der Waals surface area contributed by atoms with Gasteiger partial charge in [0.1, 0.15) is 11.6 Å². The van der Waals surface area contributed by atoms with Gasteiger partial charge in [0.15, 0.2) is 5.16 Å². The zero-order valence-electron chi connectivity index (χ0n) is 15.6. The summed E-state index contributed by atoms with van der Waals surface area (Å²) in [5.41, 5.74) is 2.76. The molecule has 0 saturated heterocycles. The molecule has 0 unspecified atom stereocenters. The standard InChI is InChI=1S/C20H17FN4O3S/c1-12(26)23-16-11-14(7-9-22-16)19-18(13-3-5-15(21)6-4-13)24-20(25(19)2)29-10-8-17(27)28/h3-11H,1-2H3,(H,27,28)(H,22,23,26)/b10-8-. The Morgan fingerprint density at radius 1 is 1.21 bits per heavy atom. The number of aromatic nitrogens is 3. The highest BCUT2D eigenvalue weighted by Gasteiger charge is 2.19. The highest BCUT2D eigenvalue weighted by molar-refractivity contribution is 8.02. The van der Waals surface area contributed by atoms with Crippen molar-refractivity contribution < 1.29 is 19.1 Å². The van der Waals surface area contributed by atoms with Gasteiger partial charge >= 0.3 is 5.97 Å². The number of nitrogens with zero attached hydrogens (tertiary/aromatic N) is 3. The second-order valence-electron chi connectivity index (χ2n) is 6.03. The van der Waals surface area contributed by atoms with Gasteiger partial charge in [-0.1, -0.05) is 11.8 Å². The zero-order valence-corrected chi connectivity index (χ0v) is 16.4. The number of anilines is 1. The molecule has 9 heteroatoms. The number of amides is 1. The number of benzene rings is 1. The predicted molar refractivity (Wildman–Crippen MR) is 109 cm³/mol. The maximum absolute atomic E-state index is 13.4. The number of hydrogen-bond acceptors (Lipinski definition) is 5. The van der Waals surface area contributed by atoms with Gasteiger partial charge in [-0.05, 0) is 41.8 Å². The second-order valence-corrected chi connectivity index (χ2v) is 6.90. The van der Waals surface area contributed by atoms with Gasteiger partial charge in [0.25, 0.3) is 0 Å². The van der Waals surface area contributed by atoms with Crippen LogP contribution in [0.1, 0.15) is 6.92 Å². The Morgan fingerprint density at radius 3 is 2.59 bits per heavy atom. The largest absolute Gasteiger partial charge is 0.478 e. The number of hydrogen-bond donors (Lipinski definition) is 2. The Bertz CT molecular complexity index is 1090. The average molecular weight is 412 g/mol. The van der Waals surface area contributed by atoms with Gasteiger partial charge in [0.05, 0.1) is 11.4 Å². The van der Waals surface area contributed by atoms with E-state index in [-0.39, 0.29) is 11.7 Å². The number of aliphatic carboxylic acids is 1. The molecular formula is C20H17FN4O3S. The topological polar surface area (TPSA) is 97.1 Å². The lowest BCUT2D eigenvalue weighted by Gasteiger charge is -2.09. The van der Waals surface area contributed by atoms with Crippen molar-refractivity contribution in [1.29, 1.82) is 0 Å². The number of halogens is 1. The molecule has 0 aliphatic carbocycles. The fourth-order valence-corrected chi connectivity index (χ4v) is 3.40. The van der Waals surface area contributed by atoms with Crippen LogP contribution in [0, 0.1) is 5.82 Å². The number of carbonyl (C=O) groups excluding carboxylic acids is 1. The lowest BCUT2D eigenvalue weighted by atomic mass is 10.1. The minimum Gasteiger partial charge on any atom is -0.478 e. The summed E-state index contributed by atoms with van der Waals surface area (Å²) in [5, 5.41) is 13.4. The molecule has 29 heavy (non-hydrogen) atoms. The van der Waals surface area contributed by atoms with Crippen LogP contribution in [0.3, 0.4) is 0 Å². The lowest BCUT2D eigenvalue weighted by Crippen LogP contribution is -2.07. The molecule has 0 aliphatic heterocycles. The van der Waals surface area contributed by atoms with Crippen LogP contribution in [-0.4, -0.2) is 31.5 Å². The van der Waals surface area contributed by atoms with E-state index in [0.29, 0.717) is 22.2 Å². The Balaban J connectivity index is 2.13. The fraction of sp³-hybridized carbons (Fsp3) is 0.100. The molecule has 1 amide bonds. The van der Waals surface area contributed by atoms with E-state index in [1.807, 2.05) is 4.57 Å². The SMILES string of the molecule is CC(=O)Nc1cc(-c2c(-c3ccc(F)cc3)nc(S/C=C\C(=O)O)n2C)ccn1. The number of rotatable bonds is 6. The van der Waals surface area contributed by atoms with E-state index in [2.05, 4.69) is 15.3 Å². The highest BCUT2D eigenvalue weighted by atomic mass is 32.2. The molecule has 0 spiro atoms. The summed E-state index contributed by atoms with van der Waals surface area (Å²) < 4.78 is 15.2. The summed E-state index contributed by atoms with van der Waals surface area (Å²) in [7, 11) is 1.80. The minimum absolute atomic E-state index is 0.242. The van der Waals surface area contributed by atoms with E-state index in [1.54, 1.807) is 37.5 Å². The molecule has 1 aromatic carbocycles. The first-order chi connectivity index (χ1) is 13.8. The van der Waals surface area contributed by atoms with E-state index < -0.39 is 5.97 Å². The molecule has 2 N–H and O–H groups in total. The summed E-state index contributed by atoms with van der Waals surface area (Å²) in [6.07, 6.45) is 2.59. The Hall–Kier alpha value is -3.46. The molecule has 7 nitrogen and oxygen atoms in total. The van der Waals surface area contributed by atoms with Gasteiger partial charge < -0.3 is 15.0 Å². The van der Waals surface area contributed by atoms with E-state index in [9.17, 15) is 14.0 Å². The summed E-state index contributed by atoms with van der Waals surface area (Å²) in [6.45, 7) is 1.39. The smallest absolute Gasteiger partial charge is 0.328 e. The van der Waals surface area contributed by atoms with E-state index >= 15 is 0 Å². The number of carboxylic acid groups (broad SMARTS) is 1. The molecular weight excluding hydrogens is 395 g/mol. The van der Waals surface area contributed by atoms with Crippen LogP contribution in [0.15, 0.2) is 59.2 Å². The number of thioether (sulfide) groups is 1. The third kappa shape index (κ3) is 4.88. The van der Waals surface area contributed by atoms with E-state index in [4.69, 9.17) is 5.11 Å². The van der Waals surface area contributed by atoms with E-state index in [1.165, 1.54) is 24.5 Å². The normalized spacial score (nSPS) is 11.0. The molecule has 2 aromatic heterocycles. The summed E-state index contributed by atoms with van der Waals surface area (Å²) in [5.74, 6) is -1.27. The van der Waals surface area contributed by atoms with Crippen molar-refractivity contribution in [2.45, 2.75) is 12.1 Å². The highest BCUT2D eigenvalue weighted by Crippen LogP contribution is 2.36. The van der Waals surface area contributed by atoms with Gasteiger partial charge in [-0.2, -0.15) is 0 Å². The first-order valence-electron chi connectivity index (χ1n) is 8.48. The summed E-state index contributed by atoms with van der Waals surface area (Å²) >= 11 is 1.15. The van der Waals surface area contributed by atoms with Gasteiger partial charge in [0.2, 0.25) is 5.91 Å².